The molecule has 1 saturated heterocycles. The first-order chi connectivity index (χ1) is 18.3. The van der Waals surface area contributed by atoms with Gasteiger partial charge in [-0.25, -0.2) is 9.18 Å². The number of aromatic nitrogens is 4. The van der Waals surface area contributed by atoms with E-state index in [4.69, 9.17) is 11.6 Å². The Morgan fingerprint density at radius 3 is 2.63 bits per heavy atom. The Labute approximate surface area is 223 Å². The maximum atomic E-state index is 15.0. The Morgan fingerprint density at radius 2 is 1.95 bits per heavy atom. The zero-order valence-electron chi connectivity index (χ0n) is 20.8. The lowest BCUT2D eigenvalue weighted by Gasteiger charge is -2.33. The number of rotatable bonds is 7. The first-order valence-electron chi connectivity index (χ1n) is 12.4. The second kappa shape index (κ2) is 11.0. The van der Waals surface area contributed by atoms with Crippen molar-refractivity contribution in [3.05, 3.63) is 92.6 Å². The molecule has 0 saturated carbocycles. The van der Waals surface area contributed by atoms with E-state index in [1.165, 1.54) is 12.1 Å². The highest BCUT2D eigenvalue weighted by Gasteiger charge is 2.26. The van der Waals surface area contributed by atoms with Gasteiger partial charge in [0.25, 0.3) is 5.91 Å². The van der Waals surface area contributed by atoms with Gasteiger partial charge >= 0.3 is 5.69 Å². The number of piperidine rings is 1. The van der Waals surface area contributed by atoms with Crippen molar-refractivity contribution in [1.29, 1.82) is 0 Å². The first kappa shape index (κ1) is 26.0. The standard InChI is InChI=1S/C27H28ClFN6O3/c1-16-12-31-19(13-30-16)14-32-26(37)21-10-23-24(11-22(21)29)35(27(38)33-23)20-6-8-34(9-7-20)15-25(36)17-2-4-18(28)5-3-17/h2-5,10-13,20,25,36H,6-9,14-15H2,1H3,(H,32,37)(H,33,38). The lowest BCUT2D eigenvalue weighted by atomic mass is 10.0. The number of aromatic amines is 1. The minimum absolute atomic E-state index is 0.104. The van der Waals surface area contributed by atoms with Crippen molar-refractivity contribution in [1.82, 2.24) is 29.7 Å². The number of nitrogens with zero attached hydrogens (tertiary/aromatic N) is 4. The van der Waals surface area contributed by atoms with E-state index in [0.717, 1.165) is 11.3 Å². The third-order valence-corrected chi connectivity index (χ3v) is 7.17. The van der Waals surface area contributed by atoms with Gasteiger partial charge in [-0.05, 0) is 43.5 Å². The number of amides is 1. The van der Waals surface area contributed by atoms with Crippen LogP contribution in [-0.4, -0.2) is 55.1 Å². The van der Waals surface area contributed by atoms with Crippen LogP contribution >= 0.6 is 11.6 Å². The number of β-amino-alcohol motifs (C(OH)–C–C–N with tert-alkyl or cyclic N) is 1. The number of aliphatic hydroxyl groups is 1. The molecule has 1 amide bonds. The number of imidazole rings is 1. The SMILES string of the molecule is Cc1cnc(CNC(=O)c2cc3[nH]c(=O)n(C4CCN(CC(O)c5ccc(Cl)cc5)CC4)c3cc2F)cn1. The number of halogens is 2. The maximum Gasteiger partial charge on any atom is 0.326 e. The van der Waals surface area contributed by atoms with Crippen molar-refractivity contribution in [2.24, 2.45) is 0 Å². The Balaban J connectivity index is 1.25. The highest BCUT2D eigenvalue weighted by Crippen LogP contribution is 2.28. The fourth-order valence-electron chi connectivity index (χ4n) is 4.86. The molecule has 0 radical (unpaired) electrons. The Morgan fingerprint density at radius 1 is 1.21 bits per heavy atom. The number of hydrogen-bond donors (Lipinski definition) is 3. The molecule has 5 rings (SSSR count). The second-order valence-electron chi connectivity index (χ2n) is 9.58. The maximum absolute atomic E-state index is 15.0. The van der Waals surface area contributed by atoms with E-state index in [1.54, 1.807) is 29.1 Å². The van der Waals surface area contributed by atoms with Gasteiger partial charge < -0.3 is 20.3 Å². The lowest BCUT2D eigenvalue weighted by molar-refractivity contribution is 0.0906. The third-order valence-electron chi connectivity index (χ3n) is 6.92. The van der Waals surface area contributed by atoms with Crippen LogP contribution in [0.1, 0.15) is 52.3 Å². The van der Waals surface area contributed by atoms with Crippen molar-refractivity contribution < 1.29 is 14.3 Å². The van der Waals surface area contributed by atoms with Crippen molar-refractivity contribution in [3.63, 3.8) is 0 Å². The van der Waals surface area contributed by atoms with E-state index in [-0.39, 0.29) is 23.8 Å². The summed E-state index contributed by atoms with van der Waals surface area (Å²) >= 11 is 5.93. The van der Waals surface area contributed by atoms with Gasteiger partial charge in [0, 0.05) is 43.0 Å². The lowest BCUT2D eigenvalue weighted by Crippen LogP contribution is -2.39. The monoisotopic (exact) mass is 538 g/mol. The Kier molecular flexibility index (Phi) is 7.55. The number of carbonyl (C=O) groups is 1. The predicted octanol–water partition coefficient (Wildman–Crippen LogP) is 3.52. The molecular formula is C27H28ClFN6O3. The van der Waals surface area contributed by atoms with Crippen LogP contribution in [0.25, 0.3) is 11.0 Å². The molecule has 2 aromatic carbocycles. The molecule has 38 heavy (non-hydrogen) atoms. The van der Waals surface area contributed by atoms with E-state index < -0.39 is 17.8 Å². The zero-order chi connectivity index (χ0) is 26.8. The number of nitrogens with one attached hydrogen (secondary N) is 2. The normalized spacial score (nSPS) is 15.6. The largest absolute Gasteiger partial charge is 0.387 e. The smallest absolute Gasteiger partial charge is 0.326 e. The average molecular weight is 539 g/mol. The highest BCUT2D eigenvalue weighted by molar-refractivity contribution is 6.30. The zero-order valence-corrected chi connectivity index (χ0v) is 21.6. The molecule has 1 atom stereocenters. The van der Waals surface area contributed by atoms with E-state index in [2.05, 4.69) is 25.2 Å². The van der Waals surface area contributed by atoms with Crippen LogP contribution in [0.5, 0.6) is 0 Å². The third kappa shape index (κ3) is 5.62. The van der Waals surface area contributed by atoms with Crippen LogP contribution in [0, 0.1) is 12.7 Å². The number of benzene rings is 2. The average Bonchev–Trinajstić information content (AvgIpc) is 3.23. The van der Waals surface area contributed by atoms with E-state index >= 15 is 4.39 Å². The topological polar surface area (TPSA) is 116 Å². The van der Waals surface area contributed by atoms with Crippen LogP contribution in [0.2, 0.25) is 5.02 Å². The van der Waals surface area contributed by atoms with Crippen molar-refractivity contribution in [2.75, 3.05) is 19.6 Å². The highest BCUT2D eigenvalue weighted by atomic mass is 35.5. The van der Waals surface area contributed by atoms with Gasteiger partial charge in [0.15, 0.2) is 0 Å². The summed E-state index contributed by atoms with van der Waals surface area (Å²) in [6, 6.07) is 9.61. The molecule has 3 heterocycles. The number of aliphatic hydroxyl groups excluding tert-OH is 1. The van der Waals surface area contributed by atoms with Crippen molar-refractivity contribution in [3.8, 4) is 0 Å². The van der Waals surface area contributed by atoms with Gasteiger partial charge in [0.05, 0.1) is 46.8 Å². The molecule has 198 valence electrons. The molecular weight excluding hydrogens is 511 g/mol. The minimum atomic E-state index is -0.707. The van der Waals surface area contributed by atoms with Crippen molar-refractivity contribution in [2.45, 2.75) is 38.5 Å². The molecule has 1 aliphatic rings. The number of likely N-dealkylation sites (tertiary alicyclic amines) is 1. The summed E-state index contributed by atoms with van der Waals surface area (Å²) in [5.41, 5.74) is 2.43. The first-order valence-corrected chi connectivity index (χ1v) is 12.8. The number of hydrogen-bond acceptors (Lipinski definition) is 6. The quantitative estimate of drug-likeness (QED) is 0.331. The fourth-order valence-corrected chi connectivity index (χ4v) is 4.98. The summed E-state index contributed by atoms with van der Waals surface area (Å²) in [7, 11) is 0. The van der Waals surface area contributed by atoms with E-state index in [1.807, 2.05) is 19.1 Å². The summed E-state index contributed by atoms with van der Waals surface area (Å²) < 4.78 is 16.6. The summed E-state index contributed by atoms with van der Waals surface area (Å²) in [5.74, 6) is -1.31. The molecule has 0 spiro atoms. The van der Waals surface area contributed by atoms with E-state index in [0.29, 0.717) is 54.2 Å². The molecule has 11 heteroatoms. The van der Waals surface area contributed by atoms with Crippen molar-refractivity contribution >= 4 is 28.5 Å². The molecule has 4 aromatic rings. The second-order valence-corrected chi connectivity index (χ2v) is 10.0. The Hall–Kier alpha value is -3.60. The predicted molar refractivity (Wildman–Crippen MR) is 142 cm³/mol. The minimum Gasteiger partial charge on any atom is -0.387 e. The molecule has 2 aromatic heterocycles. The van der Waals surface area contributed by atoms with Gasteiger partial charge in [-0.3, -0.25) is 19.3 Å². The van der Waals surface area contributed by atoms with E-state index in [9.17, 15) is 14.7 Å². The summed E-state index contributed by atoms with van der Waals surface area (Å²) in [6.07, 6.45) is 3.84. The summed E-state index contributed by atoms with van der Waals surface area (Å²) in [4.78, 5) is 38.7. The van der Waals surface area contributed by atoms with Crippen LogP contribution in [-0.2, 0) is 6.54 Å². The number of aryl methyl sites for hydroxylation is 1. The summed E-state index contributed by atoms with van der Waals surface area (Å²) in [6.45, 7) is 3.74. The van der Waals surface area contributed by atoms with Crippen LogP contribution in [0.4, 0.5) is 4.39 Å². The van der Waals surface area contributed by atoms with Gasteiger partial charge in [-0.15, -0.1) is 0 Å². The molecule has 3 N–H and O–H groups in total. The molecule has 0 bridgehead atoms. The number of carbonyl (C=O) groups excluding carboxylic acids is 1. The van der Waals surface area contributed by atoms with Crippen LogP contribution in [0.15, 0.2) is 53.6 Å². The molecule has 9 nitrogen and oxygen atoms in total. The Bertz CT molecular complexity index is 1490. The molecule has 1 fully saturated rings. The molecule has 1 aliphatic heterocycles. The van der Waals surface area contributed by atoms with Gasteiger partial charge in [-0.2, -0.15) is 0 Å². The number of H-pyrrole nitrogens is 1. The fraction of sp³-hybridized carbons (Fsp3) is 0.333. The number of fused-ring (bicyclic) bond motifs is 1. The van der Waals surface area contributed by atoms with Crippen LogP contribution in [0.3, 0.4) is 0 Å². The van der Waals surface area contributed by atoms with Gasteiger partial charge in [0.2, 0.25) is 0 Å². The van der Waals surface area contributed by atoms with Crippen LogP contribution < -0.4 is 11.0 Å². The molecule has 0 aliphatic carbocycles. The molecule has 1 unspecified atom stereocenters. The summed E-state index contributed by atoms with van der Waals surface area (Å²) in [5, 5.41) is 13.9. The van der Waals surface area contributed by atoms with Gasteiger partial charge in [-0.1, -0.05) is 23.7 Å². The van der Waals surface area contributed by atoms with Gasteiger partial charge in [0.1, 0.15) is 5.82 Å².